The molecule has 0 aromatic heterocycles. The molecule has 1 aliphatic heterocycles. The SMILES string of the molecule is C=CC1CC2CC1C1CC3OC3CC21.C=CC1CC2CC1C1CC=CCC21.OO. The number of fused-ring (bicyclic) bond motifs is 11. The summed E-state index contributed by atoms with van der Waals surface area (Å²) in [7, 11) is 0. The molecule has 12 atom stereocenters. The topological polar surface area (TPSA) is 53.0 Å². The van der Waals surface area contributed by atoms with Crippen LogP contribution in [0.2, 0.25) is 0 Å². The second-order valence-electron chi connectivity index (χ2n) is 10.9. The van der Waals surface area contributed by atoms with Crippen molar-refractivity contribution in [2.75, 3.05) is 0 Å². The summed E-state index contributed by atoms with van der Waals surface area (Å²) >= 11 is 0. The van der Waals surface area contributed by atoms with E-state index in [0.717, 1.165) is 59.2 Å². The Morgan fingerprint density at radius 2 is 1.14 bits per heavy atom. The van der Waals surface area contributed by atoms with E-state index in [0.29, 0.717) is 12.2 Å². The molecule has 0 aromatic carbocycles. The highest BCUT2D eigenvalue weighted by atomic mass is 17.0. The van der Waals surface area contributed by atoms with Gasteiger partial charge in [-0.2, -0.15) is 0 Å². The van der Waals surface area contributed by atoms with Gasteiger partial charge in [-0.3, -0.25) is 10.5 Å². The highest BCUT2D eigenvalue weighted by molar-refractivity contribution is 5.11. The van der Waals surface area contributed by atoms with Crippen LogP contribution < -0.4 is 0 Å². The summed E-state index contributed by atoms with van der Waals surface area (Å²) in [5.41, 5.74) is 0. The van der Waals surface area contributed by atoms with Gasteiger partial charge in [-0.15, -0.1) is 13.2 Å². The van der Waals surface area contributed by atoms with Crippen LogP contribution >= 0.6 is 0 Å². The third-order valence-electron chi connectivity index (χ3n) is 10.1. The Hall–Kier alpha value is -0.900. The van der Waals surface area contributed by atoms with E-state index in [-0.39, 0.29) is 0 Å². The average Bonchev–Trinajstić information content (AvgIpc) is 3.15. The van der Waals surface area contributed by atoms with Gasteiger partial charge in [0.25, 0.3) is 0 Å². The zero-order chi connectivity index (χ0) is 20.1. The molecule has 7 rings (SSSR count). The Balaban J connectivity index is 0.000000116. The minimum absolute atomic E-state index is 0.668. The Labute approximate surface area is 175 Å². The lowest BCUT2D eigenvalue weighted by molar-refractivity contribution is -0.176. The predicted octanol–water partition coefficient (Wildman–Crippen LogP) is 6.05. The van der Waals surface area contributed by atoms with Gasteiger partial charge in [-0.05, 0) is 111 Å². The molecule has 3 heteroatoms. The Kier molecular flexibility index (Phi) is 5.51. The number of allylic oxidation sites excluding steroid dienone is 4. The molecule has 1 saturated heterocycles. The molecule has 3 nitrogen and oxygen atoms in total. The molecule has 12 unspecified atom stereocenters. The first-order valence-corrected chi connectivity index (χ1v) is 12.0. The van der Waals surface area contributed by atoms with Crippen LogP contribution in [-0.4, -0.2) is 22.7 Å². The van der Waals surface area contributed by atoms with Crippen molar-refractivity contribution >= 4 is 0 Å². The Morgan fingerprint density at radius 1 is 0.621 bits per heavy atom. The van der Waals surface area contributed by atoms with E-state index in [1.807, 2.05) is 0 Å². The van der Waals surface area contributed by atoms with Crippen molar-refractivity contribution in [2.45, 2.75) is 63.6 Å². The van der Waals surface area contributed by atoms with Crippen LogP contribution in [0.3, 0.4) is 0 Å². The Bertz CT molecular complexity index is 656. The number of epoxide rings is 1. The monoisotopic (exact) mass is 398 g/mol. The summed E-state index contributed by atoms with van der Waals surface area (Å²) in [4.78, 5) is 0. The first-order valence-electron chi connectivity index (χ1n) is 12.0. The van der Waals surface area contributed by atoms with Gasteiger partial charge in [0.1, 0.15) is 0 Å². The molecule has 0 aromatic rings. The van der Waals surface area contributed by atoms with E-state index in [2.05, 4.69) is 37.5 Å². The minimum atomic E-state index is 0.668. The molecule has 0 radical (unpaired) electrons. The summed E-state index contributed by atoms with van der Waals surface area (Å²) in [6.07, 6.45) is 22.0. The fraction of sp³-hybridized carbons (Fsp3) is 0.769. The second-order valence-corrected chi connectivity index (χ2v) is 10.9. The molecule has 4 bridgehead atoms. The molecular formula is C26H38O3. The summed E-state index contributed by atoms with van der Waals surface area (Å²) in [6.45, 7) is 7.98. The standard InChI is InChI=1S/C13H18O.C13H18.H2O2/c1-2-7-3-8-4-9(7)11-6-13-12(14-13)5-10(8)11;1-2-9-7-10-8-13(9)12-6-4-3-5-11(10)12;1-2/h2,7-13H,1,3-6H2;2-4,9-13H,1,5-8H2;1-2H. The van der Waals surface area contributed by atoms with Crippen molar-refractivity contribution in [1.82, 2.24) is 0 Å². The lowest BCUT2D eigenvalue weighted by atomic mass is 9.67. The van der Waals surface area contributed by atoms with E-state index in [1.165, 1.54) is 51.4 Å². The fourth-order valence-corrected chi connectivity index (χ4v) is 8.92. The first kappa shape index (κ1) is 20.0. The molecule has 0 amide bonds. The summed E-state index contributed by atoms with van der Waals surface area (Å²) < 4.78 is 5.68. The first-order chi connectivity index (χ1) is 14.3. The molecule has 5 saturated carbocycles. The van der Waals surface area contributed by atoms with Crippen molar-refractivity contribution in [3.05, 3.63) is 37.5 Å². The molecule has 6 fully saturated rings. The fourth-order valence-electron chi connectivity index (χ4n) is 8.92. The van der Waals surface area contributed by atoms with Gasteiger partial charge in [0.05, 0.1) is 12.2 Å². The smallest absolute Gasteiger partial charge is 0.0844 e. The molecule has 1 heterocycles. The zero-order valence-corrected chi connectivity index (χ0v) is 17.6. The molecule has 2 N–H and O–H groups in total. The van der Waals surface area contributed by atoms with Crippen molar-refractivity contribution in [1.29, 1.82) is 0 Å². The Morgan fingerprint density at radius 3 is 1.76 bits per heavy atom. The van der Waals surface area contributed by atoms with Gasteiger partial charge in [0, 0.05) is 0 Å². The summed E-state index contributed by atoms with van der Waals surface area (Å²) in [5, 5.41) is 12.0. The number of hydrogen-bond donors (Lipinski definition) is 2. The van der Waals surface area contributed by atoms with Gasteiger partial charge >= 0.3 is 0 Å². The third kappa shape index (κ3) is 3.28. The maximum Gasteiger partial charge on any atom is 0.0844 e. The number of rotatable bonds is 2. The highest BCUT2D eigenvalue weighted by Gasteiger charge is 2.59. The molecule has 7 aliphatic rings. The third-order valence-corrected chi connectivity index (χ3v) is 10.1. The maximum absolute atomic E-state index is 6.00. The van der Waals surface area contributed by atoms with Crippen molar-refractivity contribution in [3.8, 4) is 0 Å². The van der Waals surface area contributed by atoms with Crippen LogP contribution in [0.1, 0.15) is 51.4 Å². The lowest BCUT2D eigenvalue weighted by Crippen LogP contribution is -2.32. The van der Waals surface area contributed by atoms with Gasteiger partial charge in [-0.25, -0.2) is 0 Å². The van der Waals surface area contributed by atoms with Crippen LogP contribution in [0.15, 0.2) is 37.5 Å². The van der Waals surface area contributed by atoms with Crippen LogP contribution in [0, 0.1) is 59.2 Å². The van der Waals surface area contributed by atoms with Crippen molar-refractivity contribution in [3.63, 3.8) is 0 Å². The zero-order valence-electron chi connectivity index (χ0n) is 17.6. The van der Waals surface area contributed by atoms with Gasteiger partial charge < -0.3 is 4.74 Å². The van der Waals surface area contributed by atoms with Crippen LogP contribution in [-0.2, 0) is 4.74 Å². The van der Waals surface area contributed by atoms with Gasteiger partial charge in [0.15, 0.2) is 0 Å². The van der Waals surface area contributed by atoms with Crippen LogP contribution in [0.25, 0.3) is 0 Å². The van der Waals surface area contributed by atoms with E-state index >= 15 is 0 Å². The molecule has 29 heavy (non-hydrogen) atoms. The minimum Gasteiger partial charge on any atom is -0.370 e. The van der Waals surface area contributed by atoms with Gasteiger partial charge in [0.2, 0.25) is 0 Å². The number of ether oxygens (including phenoxy) is 1. The van der Waals surface area contributed by atoms with E-state index < -0.39 is 0 Å². The van der Waals surface area contributed by atoms with Gasteiger partial charge in [-0.1, -0.05) is 24.3 Å². The van der Waals surface area contributed by atoms with E-state index in [9.17, 15) is 0 Å². The summed E-state index contributed by atoms with van der Waals surface area (Å²) in [6, 6.07) is 0. The molecule has 6 aliphatic carbocycles. The van der Waals surface area contributed by atoms with E-state index in [1.54, 1.807) is 0 Å². The van der Waals surface area contributed by atoms with Crippen molar-refractivity contribution < 1.29 is 15.3 Å². The molecule has 0 spiro atoms. The largest absolute Gasteiger partial charge is 0.370 e. The van der Waals surface area contributed by atoms with E-state index in [4.69, 9.17) is 15.3 Å². The molecule has 160 valence electrons. The maximum atomic E-state index is 6.00. The van der Waals surface area contributed by atoms with Crippen LogP contribution in [0.4, 0.5) is 0 Å². The predicted molar refractivity (Wildman–Crippen MR) is 115 cm³/mol. The quantitative estimate of drug-likeness (QED) is 0.258. The number of hydrogen-bond acceptors (Lipinski definition) is 3. The van der Waals surface area contributed by atoms with Crippen molar-refractivity contribution in [2.24, 2.45) is 59.2 Å². The molecular weight excluding hydrogens is 360 g/mol. The summed E-state index contributed by atoms with van der Waals surface area (Å²) in [5.74, 6) is 9.85. The average molecular weight is 399 g/mol. The second kappa shape index (κ2) is 7.98. The normalized spacial score (nSPS) is 54.1. The lowest BCUT2D eigenvalue weighted by Gasteiger charge is -2.36. The van der Waals surface area contributed by atoms with Crippen LogP contribution in [0.5, 0.6) is 0 Å². The highest BCUT2D eigenvalue weighted by Crippen LogP contribution is 2.62.